The van der Waals surface area contributed by atoms with Crippen LogP contribution in [0.4, 0.5) is 10.1 Å². The molecule has 1 unspecified atom stereocenters. The zero-order valence-corrected chi connectivity index (χ0v) is 11.2. The second-order valence-corrected chi connectivity index (χ2v) is 4.92. The monoisotopic (exact) mass is 287 g/mol. The first-order chi connectivity index (χ1) is 10.1. The standard InChI is InChI=1S/C16H14FNO3/c17-12-5-10(6-13(18)7-12)16(19)21-9-11-8-20-15-4-2-1-3-14(11)15/h1-7,11H,8-9,18H2. The van der Waals surface area contributed by atoms with Gasteiger partial charge < -0.3 is 15.2 Å². The maximum atomic E-state index is 13.2. The number of hydrogen-bond donors (Lipinski definition) is 1. The van der Waals surface area contributed by atoms with Gasteiger partial charge in [-0.05, 0) is 24.3 Å². The molecule has 2 aromatic carbocycles. The van der Waals surface area contributed by atoms with Crippen LogP contribution < -0.4 is 10.5 Å². The maximum absolute atomic E-state index is 13.2. The number of ether oxygens (including phenoxy) is 2. The number of fused-ring (bicyclic) bond motifs is 1. The Hall–Kier alpha value is -2.56. The molecular weight excluding hydrogens is 273 g/mol. The van der Waals surface area contributed by atoms with Gasteiger partial charge >= 0.3 is 5.97 Å². The molecule has 4 nitrogen and oxygen atoms in total. The van der Waals surface area contributed by atoms with Gasteiger partial charge in [-0.3, -0.25) is 0 Å². The van der Waals surface area contributed by atoms with E-state index in [9.17, 15) is 9.18 Å². The van der Waals surface area contributed by atoms with Crippen molar-refractivity contribution < 1.29 is 18.7 Å². The summed E-state index contributed by atoms with van der Waals surface area (Å²) in [5, 5.41) is 0. The molecule has 0 aliphatic carbocycles. The molecule has 2 aromatic rings. The fraction of sp³-hybridized carbons (Fsp3) is 0.188. The van der Waals surface area contributed by atoms with Crippen molar-refractivity contribution in [2.45, 2.75) is 5.92 Å². The summed E-state index contributed by atoms with van der Waals surface area (Å²) < 4.78 is 24.0. The number of halogens is 1. The van der Waals surface area contributed by atoms with Crippen molar-refractivity contribution in [1.82, 2.24) is 0 Å². The minimum absolute atomic E-state index is 0.00365. The minimum atomic E-state index is -0.592. The second-order valence-electron chi connectivity index (χ2n) is 4.92. The number of esters is 1. The normalized spacial score (nSPS) is 16.1. The average molecular weight is 287 g/mol. The number of hydrogen-bond acceptors (Lipinski definition) is 4. The number of carbonyl (C=O) groups excluding carboxylic acids is 1. The van der Waals surface area contributed by atoms with Crippen LogP contribution in [0.2, 0.25) is 0 Å². The van der Waals surface area contributed by atoms with E-state index in [-0.39, 0.29) is 23.8 Å². The summed E-state index contributed by atoms with van der Waals surface area (Å²) in [5.74, 6) is -0.341. The van der Waals surface area contributed by atoms with Gasteiger partial charge in [0.05, 0.1) is 18.1 Å². The summed E-state index contributed by atoms with van der Waals surface area (Å²) in [6, 6.07) is 11.3. The highest BCUT2D eigenvalue weighted by Crippen LogP contribution is 2.33. The molecule has 0 bridgehead atoms. The van der Waals surface area contributed by atoms with Crippen LogP contribution in [0.1, 0.15) is 21.8 Å². The van der Waals surface area contributed by atoms with E-state index in [1.54, 1.807) is 0 Å². The van der Waals surface area contributed by atoms with Gasteiger partial charge in [0, 0.05) is 11.3 Å². The van der Waals surface area contributed by atoms with Crippen molar-refractivity contribution in [3.8, 4) is 5.75 Å². The zero-order chi connectivity index (χ0) is 14.8. The molecule has 2 N–H and O–H groups in total. The lowest BCUT2D eigenvalue weighted by Crippen LogP contribution is -2.14. The van der Waals surface area contributed by atoms with Crippen LogP contribution in [0.15, 0.2) is 42.5 Å². The van der Waals surface area contributed by atoms with Crippen LogP contribution in [-0.2, 0) is 4.74 Å². The zero-order valence-electron chi connectivity index (χ0n) is 11.2. The van der Waals surface area contributed by atoms with Crippen LogP contribution in [0.25, 0.3) is 0 Å². The quantitative estimate of drug-likeness (QED) is 0.696. The molecule has 5 heteroatoms. The molecule has 1 heterocycles. The third-order valence-corrected chi connectivity index (χ3v) is 3.37. The second kappa shape index (κ2) is 5.44. The summed E-state index contributed by atoms with van der Waals surface area (Å²) in [4.78, 5) is 11.9. The molecule has 0 spiro atoms. The minimum Gasteiger partial charge on any atom is -0.493 e. The van der Waals surface area contributed by atoms with Crippen molar-refractivity contribution in [3.63, 3.8) is 0 Å². The van der Waals surface area contributed by atoms with Crippen molar-refractivity contribution in [2.24, 2.45) is 0 Å². The smallest absolute Gasteiger partial charge is 0.338 e. The van der Waals surface area contributed by atoms with E-state index >= 15 is 0 Å². The molecule has 1 aliphatic heterocycles. The fourth-order valence-electron chi connectivity index (χ4n) is 2.36. The lowest BCUT2D eigenvalue weighted by molar-refractivity contribution is 0.0470. The van der Waals surface area contributed by atoms with Crippen LogP contribution in [0, 0.1) is 5.82 Å². The molecule has 0 amide bonds. The highest BCUT2D eigenvalue weighted by molar-refractivity contribution is 5.90. The van der Waals surface area contributed by atoms with E-state index in [1.807, 2.05) is 24.3 Å². The van der Waals surface area contributed by atoms with Crippen molar-refractivity contribution >= 4 is 11.7 Å². The van der Waals surface area contributed by atoms with Gasteiger partial charge in [0.15, 0.2) is 0 Å². The molecule has 0 fully saturated rings. The summed E-state index contributed by atoms with van der Waals surface area (Å²) in [6.07, 6.45) is 0. The fourth-order valence-corrected chi connectivity index (χ4v) is 2.36. The molecule has 3 rings (SSSR count). The molecule has 0 aromatic heterocycles. The Balaban J connectivity index is 1.67. The average Bonchev–Trinajstić information content (AvgIpc) is 2.87. The van der Waals surface area contributed by atoms with E-state index in [0.717, 1.165) is 23.4 Å². The van der Waals surface area contributed by atoms with Gasteiger partial charge in [-0.1, -0.05) is 18.2 Å². The van der Waals surface area contributed by atoms with E-state index < -0.39 is 11.8 Å². The lowest BCUT2D eigenvalue weighted by atomic mass is 10.0. The number of nitrogen functional groups attached to an aromatic ring is 1. The van der Waals surface area contributed by atoms with E-state index in [0.29, 0.717) is 6.61 Å². The van der Waals surface area contributed by atoms with E-state index in [2.05, 4.69) is 0 Å². The van der Waals surface area contributed by atoms with Gasteiger partial charge in [0.1, 0.15) is 18.2 Å². The SMILES string of the molecule is Nc1cc(F)cc(C(=O)OCC2COc3ccccc32)c1. The highest BCUT2D eigenvalue weighted by Gasteiger charge is 2.25. The number of carbonyl (C=O) groups is 1. The Bertz CT molecular complexity index is 667. The van der Waals surface area contributed by atoms with Crippen molar-refractivity contribution in [1.29, 1.82) is 0 Å². The number of para-hydroxylation sites is 1. The molecule has 0 saturated carbocycles. The predicted octanol–water partition coefficient (Wildman–Crippen LogP) is 2.74. The van der Waals surface area contributed by atoms with Gasteiger partial charge in [-0.15, -0.1) is 0 Å². The third-order valence-electron chi connectivity index (χ3n) is 3.37. The number of anilines is 1. The number of benzene rings is 2. The van der Waals surface area contributed by atoms with Crippen LogP contribution in [0.5, 0.6) is 5.75 Å². The molecule has 1 atom stereocenters. The summed E-state index contributed by atoms with van der Waals surface area (Å²) >= 11 is 0. The highest BCUT2D eigenvalue weighted by atomic mass is 19.1. The first-order valence-corrected chi connectivity index (χ1v) is 6.58. The first-order valence-electron chi connectivity index (χ1n) is 6.58. The van der Waals surface area contributed by atoms with E-state index in [4.69, 9.17) is 15.2 Å². The Morgan fingerprint density at radius 1 is 1.33 bits per heavy atom. The number of rotatable bonds is 3. The summed E-state index contributed by atoms with van der Waals surface area (Å²) in [5.41, 5.74) is 6.83. The summed E-state index contributed by atoms with van der Waals surface area (Å²) in [6.45, 7) is 0.657. The van der Waals surface area contributed by atoms with Crippen LogP contribution in [0.3, 0.4) is 0 Å². The van der Waals surface area contributed by atoms with Gasteiger partial charge in [-0.2, -0.15) is 0 Å². The Kier molecular flexibility index (Phi) is 3.48. The lowest BCUT2D eigenvalue weighted by Gasteiger charge is -2.10. The molecule has 1 aliphatic rings. The Labute approximate surface area is 121 Å². The predicted molar refractivity (Wildman–Crippen MR) is 75.8 cm³/mol. The number of nitrogens with two attached hydrogens (primary N) is 1. The van der Waals surface area contributed by atoms with E-state index in [1.165, 1.54) is 6.07 Å². The van der Waals surface area contributed by atoms with Gasteiger partial charge in [-0.25, -0.2) is 9.18 Å². The van der Waals surface area contributed by atoms with Crippen molar-refractivity contribution in [2.75, 3.05) is 18.9 Å². The Morgan fingerprint density at radius 3 is 2.95 bits per heavy atom. The largest absolute Gasteiger partial charge is 0.493 e. The topological polar surface area (TPSA) is 61.6 Å². The van der Waals surface area contributed by atoms with Crippen LogP contribution >= 0.6 is 0 Å². The molecule has 0 radical (unpaired) electrons. The van der Waals surface area contributed by atoms with Gasteiger partial charge in [0.2, 0.25) is 0 Å². The Morgan fingerprint density at radius 2 is 2.14 bits per heavy atom. The molecule has 21 heavy (non-hydrogen) atoms. The van der Waals surface area contributed by atoms with Crippen LogP contribution in [-0.4, -0.2) is 19.2 Å². The molecular formula is C16H14FNO3. The molecule has 108 valence electrons. The summed E-state index contributed by atoms with van der Waals surface area (Å²) in [7, 11) is 0. The van der Waals surface area contributed by atoms with Crippen molar-refractivity contribution in [3.05, 3.63) is 59.4 Å². The van der Waals surface area contributed by atoms with Gasteiger partial charge in [0.25, 0.3) is 0 Å². The molecule has 0 saturated heterocycles. The maximum Gasteiger partial charge on any atom is 0.338 e. The third kappa shape index (κ3) is 2.81. The first kappa shape index (κ1) is 13.4.